The van der Waals surface area contributed by atoms with E-state index in [1.807, 2.05) is 38.1 Å². The van der Waals surface area contributed by atoms with Crippen LogP contribution in [0.2, 0.25) is 0 Å². The van der Waals surface area contributed by atoms with Crippen molar-refractivity contribution in [3.63, 3.8) is 0 Å². The predicted molar refractivity (Wildman–Crippen MR) is 153 cm³/mol. The molecule has 1 aromatic carbocycles. The Hall–Kier alpha value is -2.62. The molecular weight excluding hydrogens is 528 g/mol. The summed E-state index contributed by atoms with van der Waals surface area (Å²) in [6, 6.07) is 8.75. The highest BCUT2D eigenvalue weighted by Gasteiger charge is 2.46. The molecule has 1 fully saturated rings. The van der Waals surface area contributed by atoms with E-state index in [1.54, 1.807) is 12.0 Å². The van der Waals surface area contributed by atoms with Crippen LogP contribution in [0.5, 0.6) is 0 Å². The molecule has 2 aromatic rings. The number of carboxylic acids is 1. The van der Waals surface area contributed by atoms with Crippen LogP contribution in [-0.2, 0) is 40.1 Å². The van der Waals surface area contributed by atoms with E-state index < -0.39 is 29.5 Å². The number of nitrogens with one attached hydrogen (secondary N) is 1. The molecule has 4 heterocycles. The van der Waals surface area contributed by atoms with Crippen molar-refractivity contribution in [2.45, 2.75) is 95.5 Å². The van der Waals surface area contributed by atoms with Gasteiger partial charge in [0.2, 0.25) is 0 Å². The van der Waals surface area contributed by atoms with Crippen LogP contribution in [0.1, 0.15) is 79.9 Å². The van der Waals surface area contributed by atoms with Crippen molar-refractivity contribution >= 4 is 11.8 Å². The number of carbonyl (C=O) groups is 1. The second kappa shape index (κ2) is 12.3. The lowest BCUT2D eigenvalue weighted by molar-refractivity contribution is -0.143. The van der Waals surface area contributed by atoms with Gasteiger partial charge in [-0.15, -0.1) is 0 Å². The first-order valence-electron chi connectivity index (χ1n) is 14.9. The molecule has 0 amide bonds. The lowest BCUT2D eigenvalue weighted by Crippen LogP contribution is -2.44. The van der Waals surface area contributed by atoms with Gasteiger partial charge in [0.1, 0.15) is 11.9 Å². The Morgan fingerprint density at radius 3 is 2.85 bits per heavy atom. The predicted octanol–water partition coefficient (Wildman–Crippen LogP) is 5.80. The van der Waals surface area contributed by atoms with E-state index in [4.69, 9.17) is 9.47 Å². The molecule has 0 unspecified atom stereocenters. The maximum Gasteiger partial charge on any atom is 0.325 e. The largest absolute Gasteiger partial charge is 0.480 e. The van der Waals surface area contributed by atoms with Crippen molar-refractivity contribution in [1.29, 1.82) is 0 Å². The average Bonchev–Trinajstić information content (AvgIpc) is 3.46. The quantitative estimate of drug-likeness (QED) is 0.330. The second-order valence-electron chi connectivity index (χ2n) is 12.3. The number of nitrogens with zero attached hydrogens (tertiary/aromatic N) is 2. The summed E-state index contributed by atoms with van der Waals surface area (Å²) < 4.78 is 42.5. The van der Waals surface area contributed by atoms with Gasteiger partial charge >= 0.3 is 5.97 Å². The Morgan fingerprint density at radius 2 is 2.07 bits per heavy atom. The van der Waals surface area contributed by atoms with Gasteiger partial charge in [0.25, 0.3) is 5.92 Å². The van der Waals surface area contributed by atoms with Gasteiger partial charge in [0.15, 0.2) is 0 Å². The number of likely N-dealkylation sites (tertiary alicyclic amines) is 1. The molecule has 7 nitrogen and oxygen atoms in total. The number of fused-ring (bicyclic) bond motifs is 2. The molecule has 1 saturated heterocycles. The van der Waals surface area contributed by atoms with Crippen molar-refractivity contribution in [2.75, 3.05) is 32.1 Å². The summed E-state index contributed by atoms with van der Waals surface area (Å²) in [6.07, 6.45) is 4.21. The number of pyridine rings is 1. The van der Waals surface area contributed by atoms with Crippen molar-refractivity contribution in [1.82, 2.24) is 9.88 Å². The zero-order valence-corrected chi connectivity index (χ0v) is 24.4. The Bertz CT molecular complexity index is 1240. The zero-order valence-electron chi connectivity index (χ0n) is 24.4. The molecule has 0 aliphatic carbocycles. The molecule has 9 heteroatoms. The SMILES string of the molecule is COC(C)(C)[C@H]1Cc2c(cccc2[C@@H](C(=O)O)N2CC[C@@H](C(F)(F)CCCCc3ccc4c(n3)NCCC4)C2)CO1. The van der Waals surface area contributed by atoms with E-state index >= 15 is 8.78 Å². The van der Waals surface area contributed by atoms with Crippen molar-refractivity contribution in [3.05, 3.63) is 58.3 Å². The number of aliphatic carboxylic acids is 1. The summed E-state index contributed by atoms with van der Waals surface area (Å²) >= 11 is 0. The molecule has 224 valence electrons. The van der Waals surface area contributed by atoms with Crippen LogP contribution in [0.3, 0.4) is 0 Å². The summed E-state index contributed by atoms with van der Waals surface area (Å²) in [5, 5.41) is 13.6. The van der Waals surface area contributed by atoms with Crippen LogP contribution in [0.15, 0.2) is 30.3 Å². The zero-order chi connectivity index (χ0) is 29.2. The summed E-state index contributed by atoms with van der Waals surface area (Å²) in [4.78, 5) is 19.0. The summed E-state index contributed by atoms with van der Waals surface area (Å²) in [5.74, 6) is -3.79. The average molecular weight is 572 g/mol. The van der Waals surface area contributed by atoms with Gasteiger partial charge in [0, 0.05) is 44.7 Å². The van der Waals surface area contributed by atoms with E-state index in [0.717, 1.165) is 42.0 Å². The molecule has 0 bridgehead atoms. The van der Waals surface area contributed by atoms with Gasteiger partial charge in [-0.1, -0.05) is 24.3 Å². The number of aryl methyl sites for hydroxylation is 2. The van der Waals surface area contributed by atoms with Gasteiger partial charge in [-0.05, 0) is 87.2 Å². The number of carboxylic acid groups (broad SMARTS) is 1. The first-order chi connectivity index (χ1) is 19.6. The Morgan fingerprint density at radius 1 is 1.24 bits per heavy atom. The Labute approximate surface area is 241 Å². The highest BCUT2D eigenvalue weighted by Crippen LogP contribution is 2.41. The molecular formula is C32H43F2N3O4. The number of hydrogen-bond acceptors (Lipinski definition) is 6. The number of aromatic nitrogens is 1. The Kier molecular flexibility index (Phi) is 8.97. The van der Waals surface area contributed by atoms with E-state index in [9.17, 15) is 9.90 Å². The van der Waals surface area contributed by atoms with Gasteiger partial charge in [0.05, 0.1) is 18.3 Å². The molecule has 3 atom stereocenters. The standard InChI is InChI=1S/C32H43F2N3O4/c1-31(2,40-3)27-18-26-22(20-41-27)8-6-11-25(26)28(30(38)39)37-17-14-23(19-37)32(33,34)15-5-4-10-24-13-12-21-9-7-16-35-29(21)36-24/h6,8,11-13,23,27-28H,4-5,7,9-10,14-20H2,1-3H3,(H,35,36)(H,38,39)/t23-,27-,28+/m1/s1. The van der Waals surface area contributed by atoms with Crippen LogP contribution in [0.25, 0.3) is 0 Å². The summed E-state index contributed by atoms with van der Waals surface area (Å²) in [5.41, 5.74) is 4.17. The van der Waals surface area contributed by atoms with Gasteiger partial charge < -0.3 is 19.9 Å². The third-order valence-corrected chi connectivity index (χ3v) is 9.30. The van der Waals surface area contributed by atoms with Crippen LogP contribution in [-0.4, -0.2) is 65.3 Å². The smallest absolute Gasteiger partial charge is 0.325 e. The topological polar surface area (TPSA) is 83.9 Å². The third kappa shape index (κ3) is 6.57. The van der Waals surface area contributed by atoms with Gasteiger partial charge in [-0.25, -0.2) is 13.8 Å². The molecule has 0 radical (unpaired) electrons. The van der Waals surface area contributed by atoms with Crippen LogP contribution in [0.4, 0.5) is 14.6 Å². The van der Waals surface area contributed by atoms with Crippen molar-refractivity contribution in [2.24, 2.45) is 5.92 Å². The lowest BCUT2D eigenvalue weighted by atomic mass is 9.85. The summed E-state index contributed by atoms with van der Waals surface area (Å²) in [6.45, 7) is 5.59. The number of hydrogen-bond donors (Lipinski definition) is 2. The molecule has 3 aliphatic rings. The highest BCUT2D eigenvalue weighted by atomic mass is 19.3. The van der Waals surface area contributed by atoms with Gasteiger partial charge in [-0.3, -0.25) is 9.69 Å². The van der Waals surface area contributed by atoms with Crippen LogP contribution >= 0.6 is 0 Å². The first kappa shape index (κ1) is 29.9. The number of alkyl halides is 2. The van der Waals surface area contributed by atoms with E-state index in [2.05, 4.69) is 16.4 Å². The van der Waals surface area contributed by atoms with Crippen LogP contribution < -0.4 is 5.32 Å². The number of methoxy groups -OCH3 is 1. The number of halogens is 2. The third-order valence-electron chi connectivity index (χ3n) is 9.30. The molecule has 2 N–H and O–H groups in total. The lowest BCUT2D eigenvalue weighted by Gasteiger charge is -2.38. The molecule has 0 spiro atoms. The number of anilines is 1. The number of unbranched alkanes of at least 4 members (excludes halogenated alkanes) is 1. The maximum absolute atomic E-state index is 15.4. The van der Waals surface area contributed by atoms with E-state index in [0.29, 0.717) is 44.4 Å². The minimum Gasteiger partial charge on any atom is -0.480 e. The molecule has 0 saturated carbocycles. The number of benzene rings is 1. The fourth-order valence-electron chi connectivity index (χ4n) is 6.54. The monoisotopic (exact) mass is 571 g/mol. The van der Waals surface area contributed by atoms with E-state index in [-0.39, 0.29) is 25.5 Å². The number of rotatable bonds is 11. The molecule has 3 aliphatic heterocycles. The normalized spacial score (nSPS) is 22.1. The Balaban J connectivity index is 1.21. The first-order valence-corrected chi connectivity index (χ1v) is 14.9. The minimum absolute atomic E-state index is 0.0647. The van der Waals surface area contributed by atoms with Gasteiger partial charge in [-0.2, -0.15) is 0 Å². The fraction of sp³-hybridized carbons (Fsp3) is 0.625. The molecule has 5 rings (SSSR count). The highest BCUT2D eigenvalue weighted by molar-refractivity contribution is 5.76. The van der Waals surface area contributed by atoms with Crippen molar-refractivity contribution in [3.8, 4) is 0 Å². The number of ether oxygens (including phenoxy) is 2. The fourth-order valence-corrected chi connectivity index (χ4v) is 6.54. The minimum atomic E-state index is -2.85. The van der Waals surface area contributed by atoms with E-state index in [1.165, 1.54) is 5.56 Å². The molecule has 41 heavy (non-hydrogen) atoms. The summed E-state index contributed by atoms with van der Waals surface area (Å²) in [7, 11) is 1.64. The maximum atomic E-state index is 15.4. The van der Waals surface area contributed by atoms with Crippen molar-refractivity contribution < 1.29 is 28.2 Å². The van der Waals surface area contributed by atoms with Crippen LogP contribution in [0, 0.1) is 5.92 Å². The second-order valence-corrected chi connectivity index (χ2v) is 12.3. The molecule has 1 aromatic heterocycles.